The van der Waals surface area contributed by atoms with Crippen LogP contribution in [-0.2, 0) is 10.1 Å². The number of hydrogen-bond donors (Lipinski definition) is 1. The molecule has 5 heteroatoms. The maximum atomic E-state index is 10.5. The van der Waals surface area contributed by atoms with Gasteiger partial charge >= 0.3 is 0 Å². The summed E-state index contributed by atoms with van der Waals surface area (Å²) in [6.07, 6.45) is 17.4. The molecule has 1 N–H and O–H groups in total. The zero-order valence-electron chi connectivity index (χ0n) is 14.0. The second-order valence-electron chi connectivity index (χ2n) is 5.88. The largest absolute Gasteiger partial charge is 0.286 e. The molecule has 0 aromatic heterocycles. The third-order valence-corrected chi connectivity index (χ3v) is 4.56. The van der Waals surface area contributed by atoms with E-state index in [1.165, 1.54) is 70.6 Å². The van der Waals surface area contributed by atoms with Crippen LogP contribution in [0, 0.1) is 0 Å². The first-order valence-corrected chi connectivity index (χ1v) is 10.1. The minimum atomic E-state index is -3.74. The van der Waals surface area contributed by atoms with Gasteiger partial charge in [0.05, 0.1) is 5.75 Å². The predicted octanol–water partition coefficient (Wildman–Crippen LogP) is 4.97. The van der Waals surface area contributed by atoms with Crippen LogP contribution in [0.1, 0.15) is 96.8 Å². The van der Waals surface area contributed by atoms with Crippen LogP contribution in [0.4, 0.5) is 0 Å². The predicted molar refractivity (Wildman–Crippen MR) is 92.5 cm³/mol. The van der Waals surface area contributed by atoms with Crippen molar-refractivity contribution in [1.82, 2.24) is 0 Å². The summed E-state index contributed by atoms with van der Waals surface area (Å²) in [6.45, 7) is 2.25. The molecule has 0 unspecified atom stereocenters. The maximum absolute atomic E-state index is 10.5. The Hall–Kier alpha value is 1.17. The molecule has 0 rings (SSSR count). The van der Waals surface area contributed by atoms with E-state index in [-0.39, 0.29) is 43.5 Å². The molecule has 0 saturated carbocycles. The number of hydrogen-bond acceptors (Lipinski definition) is 2. The van der Waals surface area contributed by atoms with Crippen molar-refractivity contribution < 1.29 is 13.0 Å². The summed E-state index contributed by atoms with van der Waals surface area (Å²) in [6, 6.07) is 0. The average Bonchev–Trinajstić information content (AvgIpc) is 2.38. The molecule has 0 aromatic carbocycles. The van der Waals surface area contributed by atoms with Crippen LogP contribution in [0.15, 0.2) is 0 Å². The van der Waals surface area contributed by atoms with Crippen LogP contribution in [0.3, 0.4) is 0 Å². The topological polar surface area (TPSA) is 54.4 Å². The van der Waals surface area contributed by atoms with Gasteiger partial charge in [0.2, 0.25) is 0 Å². The first kappa shape index (κ1) is 24.4. The molecule has 3 nitrogen and oxygen atoms in total. The molecule has 0 bridgehead atoms. The zero-order chi connectivity index (χ0) is 15.1. The minimum absolute atomic E-state index is 0. The van der Waals surface area contributed by atoms with Crippen molar-refractivity contribution in [3.8, 4) is 0 Å². The molecule has 0 atom stereocenters. The molecule has 0 amide bonds. The normalized spacial score (nSPS) is 11.3. The van der Waals surface area contributed by atoms with Crippen molar-refractivity contribution >= 4 is 47.9 Å². The minimum Gasteiger partial charge on any atom is -0.286 e. The van der Waals surface area contributed by atoms with E-state index in [1.54, 1.807) is 0 Å². The van der Waals surface area contributed by atoms with Crippen LogP contribution >= 0.6 is 0 Å². The number of unbranched alkanes of at least 4 members (excludes halogenated alkanes) is 13. The molecule has 124 valence electrons. The van der Waals surface area contributed by atoms with Gasteiger partial charge in [-0.15, -0.1) is 0 Å². The summed E-state index contributed by atoms with van der Waals surface area (Å²) in [7, 11) is -3.74. The smallest absolute Gasteiger partial charge is 0.264 e. The molecule has 0 aliphatic rings. The van der Waals surface area contributed by atoms with Gasteiger partial charge in [0.1, 0.15) is 0 Å². The molecule has 0 heterocycles. The Labute approximate surface area is 162 Å². The van der Waals surface area contributed by atoms with E-state index in [2.05, 4.69) is 6.92 Å². The molecule has 2 radical (unpaired) electrons. The van der Waals surface area contributed by atoms with Gasteiger partial charge in [-0.2, -0.15) is 8.42 Å². The van der Waals surface area contributed by atoms with Crippen molar-refractivity contribution in [2.75, 3.05) is 5.75 Å². The second-order valence-corrected chi connectivity index (χ2v) is 7.45. The van der Waals surface area contributed by atoms with E-state index >= 15 is 0 Å². The van der Waals surface area contributed by atoms with Crippen LogP contribution in [-0.4, -0.2) is 56.5 Å². The first-order chi connectivity index (χ1) is 9.56. The summed E-state index contributed by atoms with van der Waals surface area (Å²) in [5, 5.41) is 0. The molecule has 0 aliphatic carbocycles. The van der Waals surface area contributed by atoms with Crippen LogP contribution < -0.4 is 0 Å². The molecule has 0 spiro atoms. The van der Waals surface area contributed by atoms with Gasteiger partial charge in [0.25, 0.3) is 10.1 Å². The summed E-state index contributed by atoms with van der Waals surface area (Å²) >= 11 is 0. The van der Waals surface area contributed by atoms with E-state index in [9.17, 15) is 8.42 Å². The summed E-state index contributed by atoms with van der Waals surface area (Å²) in [5.41, 5.74) is 0. The quantitative estimate of drug-likeness (QED) is 0.259. The fraction of sp³-hybridized carbons (Fsp3) is 1.00. The SMILES string of the molecule is CCCCCCCCCCCCCCCCS(=O)(=O)O.[Ca]. The van der Waals surface area contributed by atoms with E-state index in [0.717, 1.165) is 12.8 Å². The van der Waals surface area contributed by atoms with E-state index in [0.29, 0.717) is 6.42 Å². The molecule has 21 heavy (non-hydrogen) atoms. The standard InChI is InChI=1S/C16H34O3S.Ca/c1-2-3-4-5-6-7-8-9-10-11-12-13-14-15-16-20(17,18)19;/h2-16H2,1H3,(H,17,18,19);. The second kappa shape index (κ2) is 17.5. The summed E-state index contributed by atoms with van der Waals surface area (Å²) in [5.74, 6) is -0.0783. The Bertz CT molecular complexity index is 292. The van der Waals surface area contributed by atoms with Crippen molar-refractivity contribution in [2.45, 2.75) is 96.8 Å². The van der Waals surface area contributed by atoms with Crippen LogP contribution in [0.2, 0.25) is 0 Å². The maximum Gasteiger partial charge on any atom is 0.264 e. The molecule has 0 saturated heterocycles. The van der Waals surface area contributed by atoms with Crippen molar-refractivity contribution in [1.29, 1.82) is 0 Å². The molecule has 0 aliphatic heterocycles. The van der Waals surface area contributed by atoms with Crippen molar-refractivity contribution in [3.05, 3.63) is 0 Å². The van der Waals surface area contributed by atoms with Gasteiger partial charge in [0.15, 0.2) is 0 Å². The van der Waals surface area contributed by atoms with Gasteiger partial charge in [-0.05, 0) is 6.42 Å². The van der Waals surface area contributed by atoms with E-state index in [1.807, 2.05) is 0 Å². The molecule has 0 fully saturated rings. The third-order valence-electron chi connectivity index (χ3n) is 3.76. The monoisotopic (exact) mass is 346 g/mol. The van der Waals surface area contributed by atoms with E-state index < -0.39 is 10.1 Å². The van der Waals surface area contributed by atoms with E-state index in [4.69, 9.17) is 4.55 Å². The fourth-order valence-corrected chi connectivity index (χ4v) is 3.05. The Morgan fingerprint density at radius 3 is 1.19 bits per heavy atom. The van der Waals surface area contributed by atoms with Crippen LogP contribution in [0.25, 0.3) is 0 Å². The van der Waals surface area contributed by atoms with Crippen molar-refractivity contribution in [2.24, 2.45) is 0 Å². The Kier molecular flexibility index (Phi) is 20.4. The van der Waals surface area contributed by atoms with Gasteiger partial charge in [-0.3, -0.25) is 4.55 Å². The van der Waals surface area contributed by atoms with Crippen molar-refractivity contribution in [3.63, 3.8) is 0 Å². The Morgan fingerprint density at radius 2 is 0.905 bits per heavy atom. The van der Waals surface area contributed by atoms with Gasteiger partial charge in [-0.25, -0.2) is 0 Å². The first-order valence-electron chi connectivity index (χ1n) is 8.51. The van der Waals surface area contributed by atoms with Crippen LogP contribution in [0.5, 0.6) is 0 Å². The van der Waals surface area contributed by atoms with Gasteiger partial charge < -0.3 is 0 Å². The average molecular weight is 347 g/mol. The zero-order valence-corrected chi connectivity index (χ0v) is 17.0. The number of rotatable bonds is 15. The van der Waals surface area contributed by atoms with Gasteiger partial charge in [0, 0.05) is 37.7 Å². The summed E-state index contributed by atoms with van der Waals surface area (Å²) in [4.78, 5) is 0. The third kappa shape index (κ3) is 23.6. The Balaban J connectivity index is 0. The molecule has 0 aromatic rings. The van der Waals surface area contributed by atoms with Gasteiger partial charge in [-0.1, -0.05) is 90.4 Å². The fourth-order valence-electron chi connectivity index (χ4n) is 2.48. The molecular weight excluding hydrogens is 312 g/mol. The summed E-state index contributed by atoms with van der Waals surface area (Å²) < 4.78 is 29.6. The Morgan fingerprint density at radius 1 is 0.619 bits per heavy atom. The molecular formula is C16H34CaO3S.